The van der Waals surface area contributed by atoms with Crippen LogP contribution >= 0.6 is 0 Å². The van der Waals surface area contributed by atoms with Crippen molar-refractivity contribution in [1.29, 1.82) is 0 Å². The van der Waals surface area contributed by atoms with E-state index in [4.69, 9.17) is 0 Å². The third-order valence-electron chi connectivity index (χ3n) is 5.96. The molecule has 1 N–H and O–H groups in total. The van der Waals surface area contributed by atoms with Crippen LogP contribution in [0.25, 0.3) is 0 Å². The van der Waals surface area contributed by atoms with Gasteiger partial charge in [-0.2, -0.15) is 0 Å². The number of nitrogens with one attached hydrogen (secondary N) is 1. The van der Waals surface area contributed by atoms with E-state index < -0.39 is 0 Å². The SMILES string of the molecule is CCC1(CN2CCCNC3(CCCC3)C2)CCC1. The Morgan fingerprint density at radius 3 is 2.39 bits per heavy atom. The average molecular weight is 250 g/mol. The molecule has 2 aliphatic carbocycles. The zero-order chi connectivity index (χ0) is 12.5. The summed E-state index contributed by atoms with van der Waals surface area (Å²) < 4.78 is 0. The molecule has 0 radical (unpaired) electrons. The van der Waals surface area contributed by atoms with Crippen molar-refractivity contribution < 1.29 is 0 Å². The van der Waals surface area contributed by atoms with Crippen LogP contribution in [-0.2, 0) is 0 Å². The van der Waals surface area contributed by atoms with Gasteiger partial charge in [-0.1, -0.05) is 26.2 Å². The second kappa shape index (κ2) is 5.13. The standard InChI is InChI=1S/C16H30N2/c1-2-15(7-5-8-15)13-18-12-6-11-17-16(14-18)9-3-4-10-16/h17H,2-14H2,1H3. The summed E-state index contributed by atoms with van der Waals surface area (Å²) in [6, 6.07) is 0. The topological polar surface area (TPSA) is 15.3 Å². The highest BCUT2D eigenvalue weighted by Crippen LogP contribution is 2.45. The number of nitrogens with zero attached hydrogens (tertiary/aromatic N) is 1. The third-order valence-corrected chi connectivity index (χ3v) is 5.96. The van der Waals surface area contributed by atoms with E-state index in [1.165, 1.54) is 84.0 Å². The van der Waals surface area contributed by atoms with E-state index in [1.54, 1.807) is 0 Å². The molecule has 1 saturated heterocycles. The first kappa shape index (κ1) is 12.9. The first-order valence-corrected chi connectivity index (χ1v) is 8.23. The molecule has 3 aliphatic rings. The van der Waals surface area contributed by atoms with Crippen molar-refractivity contribution in [2.75, 3.05) is 26.2 Å². The molecule has 104 valence electrons. The first-order valence-electron chi connectivity index (χ1n) is 8.23. The maximum atomic E-state index is 3.89. The molecule has 3 rings (SSSR count). The lowest BCUT2D eigenvalue weighted by Gasteiger charge is -2.46. The van der Waals surface area contributed by atoms with Gasteiger partial charge in [0.05, 0.1) is 0 Å². The van der Waals surface area contributed by atoms with E-state index >= 15 is 0 Å². The molecule has 2 heteroatoms. The van der Waals surface area contributed by atoms with Crippen molar-refractivity contribution >= 4 is 0 Å². The van der Waals surface area contributed by atoms with Crippen LogP contribution in [0.5, 0.6) is 0 Å². The van der Waals surface area contributed by atoms with Crippen molar-refractivity contribution in [3.8, 4) is 0 Å². The molecule has 1 spiro atoms. The Kier molecular flexibility index (Phi) is 3.68. The molecule has 2 saturated carbocycles. The van der Waals surface area contributed by atoms with E-state index in [-0.39, 0.29) is 0 Å². The molecule has 2 nitrogen and oxygen atoms in total. The molecule has 0 aromatic rings. The van der Waals surface area contributed by atoms with Crippen LogP contribution in [0.4, 0.5) is 0 Å². The van der Waals surface area contributed by atoms with Gasteiger partial charge in [0.1, 0.15) is 0 Å². The van der Waals surface area contributed by atoms with E-state index in [1.807, 2.05) is 0 Å². The van der Waals surface area contributed by atoms with E-state index in [2.05, 4.69) is 17.1 Å². The Bertz CT molecular complexity index is 271. The molecular formula is C16H30N2. The summed E-state index contributed by atoms with van der Waals surface area (Å²) in [5.41, 5.74) is 1.19. The molecule has 0 aromatic heterocycles. The molecule has 1 heterocycles. The zero-order valence-electron chi connectivity index (χ0n) is 12.1. The van der Waals surface area contributed by atoms with Crippen LogP contribution in [-0.4, -0.2) is 36.6 Å². The Labute approximate surface area is 113 Å². The fraction of sp³-hybridized carbons (Fsp3) is 1.00. The Morgan fingerprint density at radius 1 is 1.00 bits per heavy atom. The highest BCUT2D eigenvalue weighted by molar-refractivity contribution is 4.99. The summed E-state index contributed by atoms with van der Waals surface area (Å²) in [6.45, 7) is 7.69. The minimum Gasteiger partial charge on any atom is -0.310 e. The van der Waals surface area contributed by atoms with Gasteiger partial charge in [-0.3, -0.25) is 0 Å². The zero-order valence-corrected chi connectivity index (χ0v) is 12.1. The van der Waals surface area contributed by atoms with Crippen LogP contribution in [0.2, 0.25) is 0 Å². The predicted octanol–water partition coefficient (Wildman–Crippen LogP) is 3.17. The average Bonchev–Trinajstić information content (AvgIpc) is 2.67. The number of hydrogen-bond acceptors (Lipinski definition) is 2. The summed E-state index contributed by atoms with van der Waals surface area (Å²) >= 11 is 0. The van der Waals surface area contributed by atoms with E-state index in [0.29, 0.717) is 11.0 Å². The van der Waals surface area contributed by atoms with Crippen LogP contribution in [0.3, 0.4) is 0 Å². The lowest BCUT2D eigenvalue weighted by molar-refractivity contribution is 0.0535. The minimum atomic E-state index is 0.495. The van der Waals surface area contributed by atoms with Crippen molar-refractivity contribution in [3.05, 3.63) is 0 Å². The predicted molar refractivity (Wildman–Crippen MR) is 76.8 cm³/mol. The van der Waals surface area contributed by atoms with Gasteiger partial charge in [0.2, 0.25) is 0 Å². The Morgan fingerprint density at radius 2 is 1.78 bits per heavy atom. The fourth-order valence-electron chi connectivity index (χ4n) is 4.52. The molecule has 1 aliphatic heterocycles. The quantitative estimate of drug-likeness (QED) is 0.827. The fourth-order valence-corrected chi connectivity index (χ4v) is 4.52. The van der Waals surface area contributed by atoms with Crippen molar-refractivity contribution in [2.24, 2.45) is 5.41 Å². The maximum Gasteiger partial charge on any atom is 0.0308 e. The summed E-state index contributed by atoms with van der Waals surface area (Å²) in [6.07, 6.45) is 12.9. The van der Waals surface area contributed by atoms with Gasteiger partial charge >= 0.3 is 0 Å². The molecule has 0 aromatic carbocycles. The second-order valence-electron chi connectivity index (χ2n) is 7.19. The summed E-state index contributed by atoms with van der Waals surface area (Å²) in [5, 5.41) is 3.89. The highest BCUT2D eigenvalue weighted by Gasteiger charge is 2.41. The van der Waals surface area contributed by atoms with Crippen LogP contribution in [0.15, 0.2) is 0 Å². The number of hydrogen-bond donors (Lipinski definition) is 1. The van der Waals surface area contributed by atoms with Gasteiger partial charge in [0.15, 0.2) is 0 Å². The molecular weight excluding hydrogens is 220 g/mol. The minimum absolute atomic E-state index is 0.495. The molecule has 18 heavy (non-hydrogen) atoms. The lowest BCUT2D eigenvalue weighted by Crippen LogP contribution is -2.52. The Hall–Kier alpha value is -0.0800. The third kappa shape index (κ3) is 2.46. The summed E-state index contributed by atoms with van der Waals surface area (Å²) in [4.78, 5) is 2.81. The lowest BCUT2D eigenvalue weighted by atomic mass is 9.66. The summed E-state index contributed by atoms with van der Waals surface area (Å²) in [7, 11) is 0. The molecule has 0 bridgehead atoms. The monoisotopic (exact) mass is 250 g/mol. The number of rotatable bonds is 3. The summed E-state index contributed by atoms with van der Waals surface area (Å²) in [5.74, 6) is 0. The normalized spacial score (nSPS) is 31.2. The van der Waals surface area contributed by atoms with Gasteiger partial charge in [-0.05, 0) is 57.0 Å². The molecule has 0 atom stereocenters. The van der Waals surface area contributed by atoms with Gasteiger partial charge in [0.25, 0.3) is 0 Å². The Balaban J connectivity index is 1.64. The van der Waals surface area contributed by atoms with Gasteiger partial charge < -0.3 is 10.2 Å². The van der Waals surface area contributed by atoms with Crippen LogP contribution in [0, 0.1) is 5.41 Å². The highest BCUT2D eigenvalue weighted by atomic mass is 15.2. The maximum absolute atomic E-state index is 3.89. The second-order valence-corrected chi connectivity index (χ2v) is 7.19. The van der Waals surface area contributed by atoms with Crippen LogP contribution < -0.4 is 5.32 Å². The van der Waals surface area contributed by atoms with Crippen molar-refractivity contribution in [1.82, 2.24) is 10.2 Å². The van der Waals surface area contributed by atoms with Crippen molar-refractivity contribution in [3.63, 3.8) is 0 Å². The molecule has 0 amide bonds. The van der Waals surface area contributed by atoms with Gasteiger partial charge in [-0.15, -0.1) is 0 Å². The molecule has 0 unspecified atom stereocenters. The van der Waals surface area contributed by atoms with E-state index in [9.17, 15) is 0 Å². The van der Waals surface area contributed by atoms with Gasteiger partial charge in [-0.25, -0.2) is 0 Å². The smallest absolute Gasteiger partial charge is 0.0308 e. The largest absolute Gasteiger partial charge is 0.310 e. The first-order chi connectivity index (χ1) is 8.76. The van der Waals surface area contributed by atoms with Crippen molar-refractivity contribution in [2.45, 2.75) is 70.3 Å². The van der Waals surface area contributed by atoms with E-state index in [0.717, 1.165) is 0 Å². The van der Waals surface area contributed by atoms with Gasteiger partial charge in [0, 0.05) is 18.6 Å². The van der Waals surface area contributed by atoms with Crippen LogP contribution in [0.1, 0.15) is 64.7 Å². The molecule has 3 fully saturated rings.